The highest BCUT2D eigenvalue weighted by molar-refractivity contribution is 5.90. The Labute approximate surface area is 119 Å². The first-order valence-electron chi connectivity index (χ1n) is 6.63. The number of rotatable bonds is 8. The number of esters is 1. The maximum Gasteiger partial charge on any atom is 0.332 e. The Morgan fingerprint density at radius 1 is 1.20 bits per heavy atom. The highest BCUT2D eigenvalue weighted by Gasteiger charge is 2.13. The minimum atomic E-state index is -0.438. The van der Waals surface area contributed by atoms with Gasteiger partial charge in [-0.25, -0.2) is 4.79 Å². The van der Waals surface area contributed by atoms with Crippen LogP contribution in [0.25, 0.3) is 5.70 Å². The predicted octanol–water partition coefficient (Wildman–Crippen LogP) is 0.877. The second kappa shape index (κ2) is 9.12. The molecule has 1 aromatic rings. The van der Waals surface area contributed by atoms with E-state index in [2.05, 4.69) is 0 Å². The number of carbonyl (C=O) groups is 1. The summed E-state index contributed by atoms with van der Waals surface area (Å²) in [7, 11) is 0. The number of carbonyl (C=O) groups excluding carboxylic acids is 1. The molecule has 0 saturated carbocycles. The summed E-state index contributed by atoms with van der Waals surface area (Å²) in [6.07, 6.45) is 1.39. The number of hydrogen-bond acceptors (Lipinski definition) is 5. The van der Waals surface area contributed by atoms with Crippen molar-refractivity contribution >= 4 is 11.7 Å². The fourth-order valence-corrected chi connectivity index (χ4v) is 1.86. The average molecular weight is 279 g/mol. The van der Waals surface area contributed by atoms with Crippen LogP contribution in [0.2, 0.25) is 0 Å². The summed E-state index contributed by atoms with van der Waals surface area (Å²) in [5.74, 6) is -0.438. The van der Waals surface area contributed by atoms with Gasteiger partial charge in [0.1, 0.15) is 0 Å². The molecule has 0 aliphatic rings. The van der Waals surface area contributed by atoms with E-state index in [1.807, 2.05) is 30.3 Å². The number of hydrogen-bond donors (Lipinski definition) is 2. The van der Waals surface area contributed by atoms with Crippen molar-refractivity contribution in [3.05, 3.63) is 42.0 Å². The second-order valence-corrected chi connectivity index (χ2v) is 4.08. The van der Waals surface area contributed by atoms with Crippen molar-refractivity contribution in [2.75, 3.05) is 32.9 Å². The fourth-order valence-electron chi connectivity index (χ4n) is 1.86. The standard InChI is InChI=1S/C15H21NO4/c1-2-20-15(19)12-14(13-6-4-3-5-7-13)16(8-10-17)9-11-18/h3-7,12,17-18H,2,8-11H2,1H3/b14-12+. The molecular weight excluding hydrogens is 258 g/mol. The van der Waals surface area contributed by atoms with E-state index in [-0.39, 0.29) is 13.2 Å². The first-order valence-corrected chi connectivity index (χ1v) is 6.63. The molecule has 0 saturated heterocycles. The zero-order valence-electron chi connectivity index (χ0n) is 11.7. The van der Waals surface area contributed by atoms with Gasteiger partial charge in [-0.3, -0.25) is 0 Å². The monoisotopic (exact) mass is 279 g/mol. The third kappa shape index (κ3) is 5.03. The van der Waals surface area contributed by atoms with Gasteiger partial charge in [0, 0.05) is 19.2 Å². The molecule has 1 aromatic carbocycles. The van der Waals surface area contributed by atoms with Gasteiger partial charge in [-0.15, -0.1) is 0 Å². The minimum Gasteiger partial charge on any atom is -0.463 e. The van der Waals surface area contributed by atoms with Crippen LogP contribution >= 0.6 is 0 Å². The molecule has 110 valence electrons. The molecule has 0 aliphatic heterocycles. The van der Waals surface area contributed by atoms with E-state index in [0.29, 0.717) is 25.4 Å². The van der Waals surface area contributed by atoms with Crippen LogP contribution in [0.1, 0.15) is 12.5 Å². The summed E-state index contributed by atoms with van der Waals surface area (Å²) in [4.78, 5) is 13.4. The Kier molecular flexibility index (Phi) is 7.39. The Hall–Kier alpha value is -1.85. The maximum absolute atomic E-state index is 11.7. The van der Waals surface area contributed by atoms with Crippen LogP contribution in [-0.4, -0.2) is 54.0 Å². The Morgan fingerprint density at radius 2 is 1.80 bits per heavy atom. The molecule has 5 nitrogen and oxygen atoms in total. The van der Waals surface area contributed by atoms with Gasteiger partial charge in [-0.1, -0.05) is 30.3 Å². The first kappa shape index (κ1) is 16.2. The fraction of sp³-hybridized carbons (Fsp3) is 0.400. The van der Waals surface area contributed by atoms with Crippen LogP contribution in [-0.2, 0) is 9.53 Å². The minimum absolute atomic E-state index is 0.0625. The molecule has 0 aromatic heterocycles. The molecule has 0 amide bonds. The van der Waals surface area contributed by atoms with Crippen molar-refractivity contribution in [3.63, 3.8) is 0 Å². The molecule has 2 N–H and O–H groups in total. The SMILES string of the molecule is CCOC(=O)/C=C(\c1ccccc1)N(CCO)CCO. The number of ether oxygens (including phenoxy) is 1. The molecule has 0 unspecified atom stereocenters. The number of nitrogens with zero attached hydrogens (tertiary/aromatic N) is 1. The Balaban J connectivity index is 3.08. The second-order valence-electron chi connectivity index (χ2n) is 4.08. The topological polar surface area (TPSA) is 70.0 Å². The third-order valence-corrected chi connectivity index (χ3v) is 2.69. The lowest BCUT2D eigenvalue weighted by Gasteiger charge is -2.26. The zero-order valence-corrected chi connectivity index (χ0v) is 11.7. The van der Waals surface area contributed by atoms with Crippen LogP contribution in [0.4, 0.5) is 0 Å². The third-order valence-electron chi connectivity index (χ3n) is 2.69. The number of aliphatic hydroxyl groups excluding tert-OH is 2. The van der Waals surface area contributed by atoms with Gasteiger partial charge in [-0.05, 0) is 12.5 Å². The largest absolute Gasteiger partial charge is 0.463 e. The molecule has 0 spiro atoms. The molecule has 0 bridgehead atoms. The molecule has 0 radical (unpaired) electrons. The van der Waals surface area contributed by atoms with Gasteiger partial charge in [0.05, 0.1) is 25.5 Å². The van der Waals surface area contributed by atoms with Gasteiger partial charge in [-0.2, -0.15) is 0 Å². The summed E-state index contributed by atoms with van der Waals surface area (Å²) in [6.45, 7) is 2.59. The van der Waals surface area contributed by atoms with Crippen LogP contribution in [0, 0.1) is 0 Å². The lowest BCUT2D eigenvalue weighted by atomic mass is 10.1. The van der Waals surface area contributed by atoms with E-state index in [4.69, 9.17) is 14.9 Å². The highest BCUT2D eigenvalue weighted by Crippen LogP contribution is 2.19. The van der Waals surface area contributed by atoms with Gasteiger partial charge >= 0.3 is 5.97 Å². The Morgan fingerprint density at radius 3 is 2.30 bits per heavy atom. The quantitative estimate of drug-likeness (QED) is 0.546. The van der Waals surface area contributed by atoms with Crippen molar-refractivity contribution in [1.82, 2.24) is 4.90 Å². The van der Waals surface area contributed by atoms with Crippen LogP contribution in [0.3, 0.4) is 0 Å². The van der Waals surface area contributed by atoms with Crippen LogP contribution in [0.5, 0.6) is 0 Å². The van der Waals surface area contributed by atoms with E-state index < -0.39 is 5.97 Å². The highest BCUT2D eigenvalue weighted by atomic mass is 16.5. The van der Waals surface area contributed by atoms with E-state index >= 15 is 0 Å². The van der Waals surface area contributed by atoms with E-state index in [1.165, 1.54) is 6.08 Å². The van der Waals surface area contributed by atoms with E-state index in [1.54, 1.807) is 11.8 Å². The first-order chi connectivity index (χ1) is 9.72. The molecular formula is C15H21NO4. The molecule has 20 heavy (non-hydrogen) atoms. The van der Waals surface area contributed by atoms with Gasteiger partial charge in [0.15, 0.2) is 0 Å². The average Bonchev–Trinajstić information content (AvgIpc) is 2.46. The smallest absolute Gasteiger partial charge is 0.332 e. The Bertz CT molecular complexity index is 425. The van der Waals surface area contributed by atoms with E-state index in [9.17, 15) is 4.79 Å². The molecule has 0 aliphatic carbocycles. The summed E-state index contributed by atoms with van der Waals surface area (Å²) >= 11 is 0. The van der Waals surface area contributed by atoms with Crippen LogP contribution < -0.4 is 0 Å². The van der Waals surface area contributed by atoms with Crippen molar-refractivity contribution in [3.8, 4) is 0 Å². The van der Waals surface area contributed by atoms with Gasteiger partial charge in [0.2, 0.25) is 0 Å². The van der Waals surface area contributed by atoms with Crippen molar-refractivity contribution in [1.29, 1.82) is 0 Å². The molecule has 0 heterocycles. The molecule has 1 rings (SSSR count). The maximum atomic E-state index is 11.7. The van der Waals surface area contributed by atoms with Crippen molar-refractivity contribution in [2.24, 2.45) is 0 Å². The number of benzene rings is 1. The zero-order chi connectivity index (χ0) is 14.8. The lowest BCUT2D eigenvalue weighted by Crippen LogP contribution is -2.29. The summed E-state index contributed by atoms with van der Waals surface area (Å²) < 4.78 is 4.93. The number of aliphatic hydroxyl groups is 2. The summed E-state index contributed by atoms with van der Waals surface area (Å²) in [5, 5.41) is 18.3. The van der Waals surface area contributed by atoms with Gasteiger partial charge in [0.25, 0.3) is 0 Å². The summed E-state index contributed by atoms with van der Waals surface area (Å²) in [6, 6.07) is 9.35. The van der Waals surface area contributed by atoms with Crippen LogP contribution in [0.15, 0.2) is 36.4 Å². The van der Waals surface area contributed by atoms with Gasteiger partial charge < -0.3 is 19.8 Å². The summed E-state index contributed by atoms with van der Waals surface area (Å²) in [5.41, 5.74) is 1.47. The van der Waals surface area contributed by atoms with Crippen molar-refractivity contribution in [2.45, 2.75) is 6.92 Å². The predicted molar refractivity (Wildman–Crippen MR) is 76.8 cm³/mol. The normalized spacial score (nSPS) is 11.2. The molecule has 5 heteroatoms. The van der Waals surface area contributed by atoms with E-state index in [0.717, 1.165) is 5.56 Å². The molecule has 0 atom stereocenters. The molecule has 0 fully saturated rings. The van der Waals surface area contributed by atoms with Crippen molar-refractivity contribution < 1.29 is 19.7 Å². The lowest BCUT2D eigenvalue weighted by molar-refractivity contribution is -0.137.